The van der Waals surface area contributed by atoms with E-state index in [2.05, 4.69) is 11.9 Å². The number of rotatable bonds is 7. The van der Waals surface area contributed by atoms with Gasteiger partial charge in [0.15, 0.2) is 5.78 Å². The number of hydrogen-bond donors (Lipinski definition) is 1. The standard InChI is InChI=1S/C21H22ClN3O2/c1-3-7-17-19(18(26)4-2)14-10-11-16(20(23)27)24-21(14)25(17)12-13-8-5-6-9-15(13)22/h5-6,8-11H,3-4,7,12H2,1-2H3,(H2,23,27). The van der Waals surface area contributed by atoms with Crippen LogP contribution < -0.4 is 5.73 Å². The fourth-order valence-corrected chi connectivity index (χ4v) is 3.55. The van der Waals surface area contributed by atoms with Crippen LogP contribution in [0.25, 0.3) is 11.0 Å². The van der Waals surface area contributed by atoms with Crippen molar-refractivity contribution in [3.05, 3.63) is 63.9 Å². The molecule has 0 aliphatic rings. The molecule has 6 heteroatoms. The summed E-state index contributed by atoms with van der Waals surface area (Å²) in [6.07, 6.45) is 2.01. The number of benzene rings is 1. The number of pyridine rings is 1. The number of carbonyl (C=O) groups is 2. The number of hydrogen-bond acceptors (Lipinski definition) is 3. The maximum Gasteiger partial charge on any atom is 0.267 e. The van der Waals surface area contributed by atoms with Crippen LogP contribution in [0.2, 0.25) is 5.02 Å². The molecule has 0 fully saturated rings. The lowest BCUT2D eigenvalue weighted by atomic mass is 10.0. The van der Waals surface area contributed by atoms with Crippen LogP contribution in [0.5, 0.6) is 0 Å². The Morgan fingerprint density at radius 3 is 2.52 bits per heavy atom. The molecular formula is C21H22ClN3O2. The van der Waals surface area contributed by atoms with E-state index < -0.39 is 5.91 Å². The summed E-state index contributed by atoms with van der Waals surface area (Å²) in [4.78, 5) is 28.8. The third kappa shape index (κ3) is 3.60. The van der Waals surface area contributed by atoms with E-state index in [0.29, 0.717) is 29.2 Å². The zero-order chi connectivity index (χ0) is 19.6. The van der Waals surface area contributed by atoms with Crippen LogP contribution >= 0.6 is 11.6 Å². The van der Waals surface area contributed by atoms with Gasteiger partial charge in [0, 0.05) is 28.1 Å². The molecule has 2 aromatic heterocycles. The number of amides is 1. The molecule has 3 aromatic rings. The van der Waals surface area contributed by atoms with Gasteiger partial charge in [0.25, 0.3) is 5.91 Å². The van der Waals surface area contributed by atoms with Crippen molar-refractivity contribution < 1.29 is 9.59 Å². The van der Waals surface area contributed by atoms with Crippen molar-refractivity contribution in [3.63, 3.8) is 0 Å². The van der Waals surface area contributed by atoms with E-state index in [1.165, 1.54) is 0 Å². The van der Waals surface area contributed by atoms with Crippen LogP contribution in [-0.4, -0.2) is 21.2 Å². The number of ketones is 1. The van der Waals surface area contributed by atoms with Gasteiger partial charge in [-0.3, -0.25) is 9.59 Å². The van der Waals surface area contributed by atoms with Crippen molar-refractivity contribution in [3.8, 4) is 0 Å². The summed E-state index contributed by atoms with van der Waals surface area (Å²) in [6, 6.07) is 10.9. The van der Waals surface area contributed by atoms with Crippen molar-refractivity contribution in [2.24, 2.45) is 5.73 Å². The lowest BCUT2D eigenvalue weighted by molar-refractivity contribution is 0.0983. The fourth-order valence-electron chi connectivity index (χ4n) is 3.36. The van der Waals surface area contributed by atoms with Crippen LogP contribution in [-0.2, 0) is 13.0 Å². The van der Waals surface area contributed by atoms with Crippen LogP contribution in [0.3, 0.4) is 0 Å². The molecule has 2 N–H and O–H groups in total. The molecule has 0 aliphatic heterocycles. The topological polar surface area (TPSA) is 78.0 Å². The molecule has 0 saturated carbocycles. The number of nitrogens with two attached hydrogens (primary N) is 1. The SMILES string of the molecule is CCCc1c(C(=O)CC)c2ccc(C(N)=O)nc2n1Cc1ccccc1Cl. The van der Waals surface area contributed by atoms with Crippen LogP contribution in [0.4, 0.5) is 0 Å². The molecule has 0 bridgehead atoms. The Morgan fingerprint density at radius 2 is 1.89 bits per heavy atom. The zero-order valence-corrected chi connectivity index (χ0v) is 16.2. The van der Waals surface area contributed by atoms with Crippen LogP contribution in [0, 0.1) is 0 Å². The Hall–Kier alpha value is -2.66. The molecule has 3 rings (SSSR count). The van der Waals surface area contributed by atoms with Gasteiger partial charge >= 0.3 is 0 Å². The highest BCUT2D eigenvalue weighted by Crippen LogP contribution is 2.30. The van der Waals surface area contributed by atoms with Crippen molar-refractivity contribution in [1.82, 2.24) is 9.55 Å². The van der Waals surface area contributed by atoms with Gasteiger partial charge < -0.3 is 10.3 Å². The molecule has 2 heterocycles. The number of aromatic nitrogens is 2. The third-order valence-electron chi connectivity index (χ3n) is 4.64. The molecular weight excluding hydrogens is 362 g/mol. The van der Waals surface area contributed by atoms with E-state index in [0.717, 1.165) is 29.5 Å². The molecule has 0 aliphatic carbocycles. The van der Waals surface area contributed by atoms with Gasteiger partial charge in [-0.05, 0) is 30.2 Å². The first-order valence-corrected chi connectivity index (χ1v) is 9.44. The highest BCUT2D eigenvalue weighted by molar-refractivity contribution is 6.31. The summed E-state index contributed by atoms with van der Waals surface area (Å²) in [5, 5.41) is 1.40. The first kappa shape index (κ1) is 19.1. The monoisotopic (exact) mass is 383 g/mol. The molecule has 0 saturated heterocycles. The lowest BCUT2D eigenvalue weighted by Crippen LogP contribution is -2.14. The van der Waals surface area contributed by atoms with Crippen molar-refractivity contribution in [2.75, 3.05) is 0 Å². The number of primary amides is 1. The average molecular weight is 384 g/mol. The summed E-state index contributed by atoms with van der Waals surface area (Å²) >= 11 is 6.36. The summed E-state index contributed by atoms with van der Waals surface area (Å²) < 4.78 is 2.00. The van der Waals surface area contributed by atoms with E-state index in [1.807, 2.05) is 35.8 Å². The highest BCUT2D eigenvalue weighted by atomic mass is 35.5. The van der Waals surface area contributed by atoms with Crippen molar-refractivity contribution in [2.45, 2.75) is 39.7 Å². The summed E-state index contributed by atoms with van der Waals surface area (Å²) in [5.74, 6) is -0.530. The Bertz CT molecular complexity index is 1020. The summed E-state index contributed by atoms with van der Waals surface area (Å²) in [7, 11) is 0. The minimum Gasteiger partial charge on any atom is -0.364 e. The maximum atomic E-state index is 12.7. The Morgan fingerprint density at radius 1 is 1.15 bits per heavy atom. The second-order valence-corrected chi connectivity index (χ2v) is 6.87. The number of nitrogens with zero attached hydrogens (tertiary/aromatic N) is 2. The van der Waals surface area contributed by atoms with Gasteiger partial charge in [-0.2, -0.15) is 0 Å². The van der Waals surface area contributed by atoms with Crippen molar-refractivity contribution >= 4 is 34.3 Å². The average Bonchev–Trinajstić information content (AvgIpc) is 2.96. The smallest absolute Gasteiger partial charge is 0.267 e. The Kier molecular flexibility index (Phi) is 5.61. The predicted octanol–water partition coefficient (Wildman–Crippen LogP) is 4.38. The molecule has 0 unspecified atom stereocenters. The van der Waals surface area contributed by atoms with Gasteiger partial charge in [0.2, 0.25) is 0 Å². The number of Topliss-reactive ketones (excluding diaryl/α,β-unsaturated/α-hetero) is 1. The maximum absolute atomic E-state index is 12.7. The molecule has 1 aromatic carbocycles. The van der Waals surface area contributed by atoms with Gasteiger partial charge in [0.05, 0.1) is 6.54 Å². The normalized spacial score (nSPS) is 11.1. The lowest BCUT2D eigenvalue weighted by Gasteiger charge is -2.12. The van der Waals surface area contributed by atoms with Gasteiger partial charge in [-0.15, -0.1) is 0 Å². The third-order valence-corrected chi connectivity index (χ3v) is 5.01. The molecule has 27 heavy (non-hydrogen) atoms. The Balaban J connectivity index is 2.31. The van der Waals surface area contributed by atoms with E-state index in [4.69, 9.17) is 17.3 Å². The van der Waals surface area contributed by atoms with E-state index in [9.17, 15) is 9.59 Å². The number of fused-ring (bicyclic) bond motifs is 1. The van der Waals surface area contributed by atoms with E-state index in [1.54, 1.807) is 12.1 Å². The molecule has 0 atom stereocenters. The molecule has 140 valence electrons. The van der Waals surface area contributed by atoms with Gasteiger partial charge in [-0.1, -0.05) is 50.1 Å². The molecule has 0 spiro atoms. The van der Waals surface area contributed by atoms with E-state index in [-0.39, 0.29) is 11.5 Å². The second kappa shape index (κ2) is 7.92. The van der Waals surface area contributed by atoms with Gasteiger partial charge in [0.1, 0.15) is 11.3 Å². The first-order chi connectivity index (χ1) is 13.0. The highest BCUT2D eigenvalue weighted by Gasteiger charge is 2.23. The molecule has 5 nitrogen and oxygen atoms in total. The van der Waals surface area contributed by atoms with Crippen LogP contribution in [0.1, 0.15) is 58.8 Å². The summed E-state index contributed by atoms with van der Waals surface area (Å²) in [6.45, 7) is 4.39. The minimum absolute atomic E-state index is 0.0648. The number of carbonyl (C=O) groups excluding carboxylic acids is 2. The van der Waals surface area contributed by atoms with Gasteiger partial charge in [-0.25, -0.2) is 4.98 Å². The van der Waals surface area contributed by atoms with Crippen LogP contribution in [0.15, 0.2) is 36.4 Å². The number of halogens is 1. The predicted molar refractivity (Wildman–Crippen MR) is 107 cm³/mol. The first-order valence-electron chi connectivity index (χ1n) is 9.06. The Labute approximate surface area is 163 Å². The fraction of sp³-hybridized carbons (Fsp3) is 0.286. The summed E-state index contributed by atoms with van der Waals surface area (Å²) in [5.41, 5.74) is 8.73. The van der Waals surface area contributed by atoms with Crippen molar-refractivity contribution in [1.29, 1.82) is 0 Å². The molecule has 0 radical (unpaired) electrons. The molecule has 1 amide bonds. The largest absolute Gasteiger partial charge is 0.364 e. The second-order valence-electron chi connectivity index (χ2n) is 6.46. The minimum atomic E-state index is -0.595. The quantitative estimate of drug-likeness (QED) is 0.615. The zero-order valence-electron chi connectivity index (χ0n) is 15.5. The van der Waals surface area contributed by atoms with E-state index >= 15 is 0 Å².